The van der Waals surface area contributed by atoms with E-state index in [-0.39, 0.29) is 5.56 Å². The Morgan fingerprint density at radius 2 is 2.36 bits per heavy atom. The molecular weight excluding hydrogens is 180 g/mol. The van der Waals surface area contributed by atoms with Crippen LogP contribution in [0.2, 0.25) is 0 Å². The molecule has 0 heterocycles. The van der Waals surface area contributed by atoms with Crippen LogP contribution in [0, 0.1) is 11.3 Å². The van der Waals surface area contributed by atoms with E-state index in [2.05, 4.69) is 5.32 Å². The SMILES string of the molecule is N#CC=CNc1cccc(C(=O)O)c1. The third-order valence-corrected chi connectivity index (χ3v) is 1.52. The molecule has 14 heavy (non-hydrogen) atoms. The van der Waals surface area contributed by atoms with Crippen LogP contribution < -0.4 is 5.32 Å². The third kappa shape index (κ3) is 2.64. The Morgan fingerprint density at radius 1 is 1.57 bits per heavy atom. The number of hydrogen-bond acceptors (Lipinski definition) is 3. The molecule has 70 valence electrons. The highest BCUT2D eigenvalue weighted by atomic mass is 16.4. The summed E-state index contributed by atoms with van der Waals surface area (Å²) in [6.45, 7) is 0. The summed E-state index contributed by atoms with van der Waals surface area (Å²) in [5, 5.41) is 19.7. The third-order valence-electron chi connectivity index (χ3n) is 1.52. The van der Waals surface area contributed by atoms with Gasteiger partial charge in [-0.1, -0.05) is 6.07 Å². The molecule has 4 heteroatoms. The fourth-order valence-electron chi connectivity index (χ4n) is 0.917. The minimum Gasteiger partial charge on any atom is -0.478 e. The summed E-state index contributed by atoms with van der Waals surface area (Å²) >= 11 is 0. The summed E-state index contributed by atoms with van der Waals surface area (Å²) in [4.78, 5) is 10.6. The number of carboxylic acid groups (broad SMARTS) is 1. The van der Waals surface area contributed by atoms with Gasteiger partial charge in [0, 0.05) is 18.0 Å². The summed E-state index contributed by atoms with van der Waals surface area (Å²) in [7, 11) is 0. The standard InChI is InChI=1S/C10H8N2O2/c11-5-2-6-12-9-4-1-3-8(7-9)10(13)14/h1-4,6-7,12H,(H,13,14). The number of aromatic carboxylic acids is 1. The van der Waals surface area contributed by atoms with E-state index in [0.29, 0.717) is 5.69 Å². The molecule has 0 aliphatic carbocycles. The molecule has 0 atom stereocenters. The van der Waals surface area contributed by atoms with Crippen LogP contribution in [0.3, 0.4) is 0 Å². The minimum atomic E-state index is -0.974. The van der Waals surface area contributed by atoms with Crippen molar-refractivity contribution in [3.8, 4) is 6.07 Å². The van der Waals surface area contributed by atoms with E-state index < -0.39 is 5.97 Å². The average Bonchev–Trinajstić information content (AvgIpc) is 2.19. The van der Waals surface area contributed by atoms with Gasteiger partial charge in [-0.05, 0) is 18.2 Å². The van der Waals surface area contributed by atoms with Crippen molar-refractivity contribution in [2.75, 3.05) is 5.32 Å². The summed E-state index contributed by atoms with van der Waals surface area (Å²) in [5.41, 5.74) is 0.844. The first-order valence-electron chi connectivity index (χ1n) is 3.88. The lowest BCUT2D eigenvalue weighted by atomic mass is 10.2. The molecule has 1 rings (SSSR count). The Hall–Kier alpha value is -2.28. The number of rotatable bonds is 3. The van der Waals surface area contributed by atoms with E-state index in [4.69, 9.17) is 10.4 Å². The summed E-state index contributed by atoms with van der Waals surface area (Å²) in [6, 6.07) is 8.15. The second-order valence-corrected chi connectivity index (χ2v) is 2.49. The molecule has 0 amide bonds. The van der Waals surface area contributed by atoms with Gasteiger partial charge in [0.2, 0.25) is 0 Å². The Labute approximate surface area is 81.1 Å². The number of nitrogens with one attached hydrogen (secondary N) is 1. The van der Waals surface area contributed by atoms with Crippen molar-refractivity contribution in [3.05, 3.63) is 42.1 Å². The van der Waals surface area contributed by atoms with Gasteiger partial charge >= 0.3 is 5.97 Å². The van der Waals surface area contributed by atoms with E-state index >= 15 is 0 Å². The lowest BCUT2D eigenvalue weighted by Gasteiger charge is -2.00. The first-order chi connectivity index (χ1) is 6.74. The second kappa shape index (κ2) is 4.67. The number of carboxylic acids is 1. The number of carbonyl (C=O) groups is 1. The number of nitrogens with zero attached hydrogens (tertiary/aromatic N) is 1. The van der Waals surface area contributed by atoms with Crippen LogP contribution in [0.1, 0.15) is 10.4 Å². The predicted octanol–water partition coefficient (Wildman–Crippen LogP) is 1.83. The van der Waals surface area contributed by atoms with Gasteiger partial charge in [-0.15, -0.1) is 0 Å². The molecule has 1 aromatic rings. The maximum Gasteiger partial charge on any atom is 0.335 e. The molecule has 0 aliphatic rings. The number of nitriles is 1. The molecule has 0 saturated carbocycles. The molecule has 0 unspecified atom stereocenters. The summed E-state index contributed by atoms with van der Waals surface area (Å²) in [6.07, 6.45) is 2.72. The molecule has 0 fully saturated rings. The van der Waals surface area contributed by atoms with Gasteiger partial charge in [0.05, 0.1) is 11.6 Å². The maximum atomic E-state index is 10.6. The molecule has 2 N–H and O–H groups in total. The van der Waals surface area contributed by atoms with Gasteiger partial charge in [0.15, 0.2) is 0 Å². The van der Waals surface area contributed by atoms with Crippen molar-refractivity contribution in [2.24, 2.45) is 0 Å². The molecule has 0 bridgehead atoms. The second-order valence-electron chi connectivity index (χ2n) is 2.49. The Balaban J connectivity index is 2.79. The van der Waals surface area contributed by atoms with Crippen LogP contribution in [-0.4, -0.2) is 11.1 Å². The molecule has 0 spiro atoms. The fourth-order valence-corrected chi connectivity index (χ4v) is 0.917. The molecular formula is C10H8N2O2. The topological polar surface area (TPSA) is 73.1 Å². The van der Waals surface area contributed by atoms with Gasteiger partial charge in [0.1, 0.15) is 0 Å². The zero-order valence-corrected chi connectivity index (χ0v) is 7.27. The number of anilines is 1. The quantitative estimate of drug-likeness (QED) is 0.710. The van der Waals surface area contributed by atoms with Crippen molar-refractivity contribution in [1.82, 2.24) is 0 Å². The van der Waals surface area contributed by atoms with Crippen LogP contribution in [0.25, 0.3) is 0 Å². The van der Waals surface area contributed by atoms with Gasteiger partial charge in [0.25, 0.3) is 0 Å². The normalized spacial score (nSPS) is 9.64. The van der Waals surface area contributed by atoms with E-state index in [9.17, 15) is 4.79 Å². The highest BCUT2D eigenvalue weighted by molar-refractivity contribution is 5.88. The van der Waals surface area contributed by atoms with Crippen molar-refractivity contribution in [1.29, 1.82) is 5.26 Å². The van der Waals surface area contributed by atoms with Crippen LogP contribution in [0.5, 0.6) is 0 Å². The predicted molar refractivity (Wildman–Crippen MR) is 51.8 cm³/mol. The van der Waals surface area contributed by atoms with Crippen molar-refractivity contribution >= 4 is 11.7 Å². The monoisotopic (exact) mass is 188 g/mol. The Kier molecular flexibility index (Phi) is 3.27. The maximum absolute atomic E-state index is 10.6. The van der Waals surface area contributed by atoms with Crippen LogP contribution >= 0.6 is 0 Å². The zero-order valence-electron chi connectivity index (χ0n) is 7.27. The minimum absolute atomic E-state index is 0.209. The van der Waals surface area contributed by atoms with Crippen LogP contribution in [-0.2, 0) is 0 Å². The molecule has 0 aromatic heterocycles. The van der Waals surface area contributed by atoms with E-state index in [0.717, 1.165) is 0 Å². The van der Waals surface area contributed by atoms with E-state index in [1.54, 1.807) is 12.1 Å². The lowest BCUT2D eigenvalue weighted by Crippen LogP contribution is -1.97. The highest BCUT2D eigenvalue weighted by Crippen LogP contribution is 2.10. The van der Waals surface area contributed by atoms with E-state index in [1.165, 1.54) is 24.4 Å². The average molecular weight is 188 g/mol. The van der Waals surface area contributed by atoms with E-state index in [1.807, 2.05) is 6.07 Å². The largest absolute Gasteiger partial charge is 0.478 e. The Morgan fingerprint density at radius 3 is 3.00 bits per heavy atom. The van der Waals surface area contributed by atoms with Gasteiger partial charge in [-0.25, -0.2) is 4.79 Å². The number of allylic oxidation sites excluding steroid dienone is 1. The van der Waals surface area contributed by atoms with Crippen molar-refractivity contribution in [3.63, 3.8) is 0 Å². The Bertz CT molecular complexity index is 405. The number of hydrogen-bond donors (Lipinski definition) is 2. The highest BCUT2D eigenvalue weighted by Gasteiger charge is 2.01. The smallest absolute Gasteiger partial charge is 0.335 e. The zero-order chi connectivity index (χ0) is 10.4. The first-order valence-corrected chi connectivity index (χ1v) is 3.88. The summed E-state index contributed by atoms with van der Waals surface area (Å²) in [5.74, 6) is -0.974. The summed E-state index contributed by atoms with van der Waals surface area (Å²) < 4.78 is 0. The molecule has 0 saturated heterocycles. The molecule has 4 nitrogen and oxygen atoms in total. The van der Waals surface area contributed by atoms with Crippen LogP contribution in [0.4, 0.5) is 5.69 Å². The van der Waals surface area contributed by atoms with Crippen molar-refractivity contribution < 1.29 is 9.90 Å². The van der Waals surface area contributed by atoms with Crippen molar-refractivity contribution in [2.45, 2.75) is 0 Å². The molecule has 0 radical (unpaired) electrons. The fraction of sp³-hybridized carbons (Fsp3) is 0. The van der Waals surface area contributed by atoms with Gasteiger partial charge in [-0.2, -0.15) is 5.26 Å². The van der Waals surface area contributed by atoms with Crippen LogP contribution in [0.15, 0.2) is 36.5 Å². The van der Waals surface area contributed by atoms with Gasteiger partial charge in [-0.3, -0.25) is 0 Å². The van der Waals surface area contributed by atoms with Gasteiger partial charge < -0.3 is 10.4 Å². The lowest BCUT2D eigenvalue weighted by molar-refractivity contribution is 0.0697. The number of benzene rings is 1. The molecule has 0 aliphatic heterocycles. The molecule has 1 aromatic carbocycles. The first kappa shape index (κ1) is 9.81.